The average molecular weight is 374 g/mol. The summed E-state index contributed by atoms with van der Waals surface area (Å²) < 4.78 is 11.2. The highest BCUT2D eigenvalue weighted by atomic mass is 16.5. The number of benzene rings is 2. The van der Waals surface area contributed by atoms with Crippen molar-refractivity contribution in [3.8, 4) is 28.2 Å². The molecule has 6 heteroatoms. The fourth-order valence-corrected chi connectivity index (χ4v) is 3.36. The number of rotatable bonds is 3. The standard InChI is InChI=1S/C22H18N2O4/c1-12-4-5-14-9-19(28-22(26)16(14)6-12)17-8-15(7-13(2)20(17)27-3)18-10-23-11-24-21(18)25/h4-11H,1-3H3,(H,23,24,25). The van der Waals surface area contributed by atoms with Gasteiger partial charge >= 0.3 is 5.63 Å². The predicted molar refractivity (Wildman–Crippen MR) is 108 cm³/mol. The van der Waals surface area contributed by atoms with Crippen LogP contribution in [0.4, 0.5) is 0 Å². The van der Waals surface area contributed by atoms with E-state index >= 15 is 0 Å². The molecule has 0 unspecified atom stereocenters. The van der Waals surface area contributed by atoms with Gasteiger partial charge in [0, 0.05) is 6.20 Å². The maximum atomic E-state index is 12.5. The van der Waals surface area contributed by atoms with Crippen LogP contribution in [0.5, 0.6) is 5.75 Å². The smallest absolute Gasteiger partial charge is 0.344 e. The van der Waals surface area contributed by atoms with Crippen molar-refractivity contribution in [2.45, 2.75) is 13.8 Å². The number of methoxy groups -OCH3 is 1. The van der Waals surface area contributed by atoms with E-state index in [-0.39, 0.29) is 5.56 Å². The normalized spacial score (nSPS) is 11.0. The van der Waals surface area contributed by atoms with Crippen LogP contribution in [0.25, 0.3) is 33.2 Å². The first kappa shape index (κ1) is 17.7. The molecule has 0 aliphatic heterocycles. The number of aromatic nitrogens is 2. The van der Waals surface area contributed by atoms with Crippen molar-refractivity contribution in [1.29, 1.82) is 0 Å². The third kappa shape index (κ3) is 2.99. The van der Waals surface area contributed by atoms with Gasteiger partial charge in [-0.3, -0.25) is 4.79 Å². The van der Waals surface area contributed by atoms with E-state index in [1.807, 2.05) is 38.1 Å². The van der Waals surface area contributed by atoms with Crippen molar-refractivity contribution >= 4 is 10.8 Å². The third-order valence-corrected chi connectivity index (χ3v) is 4.69. The molecule has 0 aliphatic rings. The fraction of sp³-hybridized carbons (Fsp3) is 0.136. The molecule has 0 saturated carbocycles. The van der Waals surface area contributed by atoms with Crippen LogP contribution in [0.2, 0.25) is 0 Å². The minimum atomic E-state index is -0.416. The first-order valence-electron chi connectivity index (χ1n) is 8.74. The molecule has 0 bridgehead atoms. The van der Waals surface area contributed by atoms with Crippen molar-refractivity contribution in [3.05, 3.63) is 80.8 Å². The number of aryl methyl sites for hydroxylation is 2. The van der Waals surface area contributed by atoms with Crippen LogP contribution in [0.15, 0.2) is 62.9 Å². The van der Waals surface area contributed by atoms with Gasteiger partial charge in [-0.2, -0.15) is 0 Å². The second-order valence-corrected chi connectivity index (χ2v) is 6.66. The lowest BCUT2D eigenvalue weighted by Gasteiger charge is -2.13. The van der Waals surface area contributed by atoms with Crippen LogP contribution in [0.1, 0.15) is 11.1 Å². The topological polar surface area (TPSA) is 85.2 Å². The van der Waals surface area contributed by atoms with E-state index < -0.39 is 5.63 Å². The first-order chi connectivity index (χ1) is 13.5. The molecule has 2 heterocycles. The number of aromatic amines is 1. The van der Waals surface area contributed by atoms with E-state index in [0.29, 0.717) is 33.6 Å². The molecule has 0 aliphatic carbocycles. The monoisotopic (exact) mass is 374 g/mol. The summed E-state index contributed by atoms with van der Waals surface area (Å²) in [5.74, 6) is 0.960. The van der Waals surface area contributed by atoms with E-state index in [2.05, 4.69) is 9.97 Å². The van der Waals surface area contributed by atoms with Crippen LogP contribution in [0, 0.1) is 13.8 Å². The van der Waals surface area contributed by atoms with Gasteiger partial charge in [0.2, 0.25) is 0 Å². The zero-order chi connectivity index (χ0) is 19.8. The maximum absolute atomic E-state index is 12.5. The van der Waals surface area contributed by atoms with E-state index in [9.17, 15) is 9.59 Å². The number of fused-ring (bicyclic) bond motifs is 1. The van der Waals surface area contributed by atoms with Gasteiger partial charge in [0.15, 0.2) is 0 Å². The maximum Gasteiger partial charge on any atom is 0.344 e. The Bertz CT molecular complexity index is 1320. The van der Waals surface area contributed by atoms with Crippen molar-refractivity contribution in [3.63, 3.8) is 0 Å². The average Bonchev–Trinajstić information content (AvgIpc) is 2.68. The Balaban J connectivity index is 2.00. The quantitative estimate of drug-likeness (QED) is 0.589. The van der Waals surface area contributed by atoms with Gasteiger partial charge < -0.3 is 14.1 Å². The van der Waals surface area contributed by atoms with Gasteiger partial charge in [-0.25, -0.2) is 9.78 Å². The van der Waals surface area contributed by atoms with Crippen LogP contribution >= 0.6 is 0 Å². The van der Waals surface area contributed by atoms with Crippen LogP contribution in [-0.4, -0.2) is 17.1 Å². The second-order valence-electron chi connectivity index (χ2n) is 6.66. The highest BCUT2D eigenvalue weighted by molar-refractivity contribution is 5.86. The SMILES string of the molecule is COc1c(C)cc(-c2cnc[nH]c2=O)cc1-c1cc2ccc(C)cc2c(=O)o1. The Kier molecular flexibility index (Phi) is 4.31. The zero-order valence-corrected chi connectivity index (χ0v) is 15.7. The molecule has 6 nitrogen and oxygen atoms in total. The van der Waals surface area contributed by atoms with Crippen molar-refractivity contribution in [2.75, 3.05) is 7.11 Å². The molecule has 140 valence electrons. The number of nitrogens with one attached hydrogen (secondary N) is 1. The van der Waals surface area contributed by atoms with Gasteiger partial charge in [-0.05, 0) is 54.6 Å². The number of H-pyrrole nitrogens is 1. The van der Waals surface area contributed by atoms with E-state index in [4.69, 9.17) is 9.15 Å². The third-order valence-electron chi connectivity index (χ3n) is 4.69. The van der Waals surface area contributed by atoms with E-state index in [1.54, 1.807) is 19.2 Å². The minimum Gasteiger partial charge on any atom is -0.496 e. The van der Waals surface area contributed by atoms with Crippen molar-refractivity contribution < 1.29 is 9.15 Å². The fourth-order valence-electron chi connectivity index (χ4n) is 3.36. The Labute approximate surface area is 160 Å². The summed E-state index contributed by atoms with van der Waals surface area (Å²) in [6, 6.07) is 11.1. The lowest BCUT2D eigenvalue weighted by Crippen LogP contribution is -2.09. The molecular formula is C22H18N2O4. The molecule has 2 aromatic carbocycles. The predicted octanol–water partition coefficient (Wildman–Crippen LogP) is 3.84. The van der Waals surface area contributed by atoms with Crippen molar-refractivity contribution in [1.82, 2.24) is 9.97 Å². The molecule has 0 spiro atoms. The van der Waals surface area contributed by atoms with Gasteiger partial charge in [0.05, 0.1) is 30.0 Å². The lowest BCUT2D eigenvalue weighted by atomic mass is 9.98. The summed E-state index contributed by atoms with van der Waals surface area (Å²) >= 11 is 0. The molecule has 1 N–H and O–H groups in total. The lowest BCUT2D eigenvalue weighted by molar-refractivity contribution is 0.411. The van der Waals surface area contributed by atoms with Crippen molar-refractivity contribution in [2.24, 2.45) is 0 Å². The first-order valence-corrected chi connectivity index (χ1v) is 8.74. The van der Waals surface area contributed by atoms with Crippen LogP contribution in [0.3, 0.4) is 0 Å². The molecule has 0 fully saturated rings. The van der Waals surface area contributed by atoms with Gasteiger partial charge in [0.1, 0.15) is 11.5 Å². The number of nitrogens with zero attached hydrogens (tertiary/aromatic N) is 1. The second kappa shape index (κ2) is 6.81. The molecule has 28 heavy (non-hydrogen) atoms. The Morgan fingerprint density at radius 3 is 2.61 bits per heavy atom. The van der Waals surface area contributed by atoms with Gasteiger partial charge in [-0.1, -0.05) is 17.7 Å². The summed E-state index contributed by atoms with van der Waals surface area (Å²) in [6.45, 7) is 3.80. The number of hydrogen-bond acceptors (Lipinski definition) is 5. The summed E-state index contributed by atoms with van der Waals surface area (Å²) in [7, 11) is 1.56. The molecule has 0 amide bonds. The number of ether oxygens (including phenoxy) is 1. The Morgan fingerprint density at radius 1 is 1.04 bits per heavy atom. The number of hydrogen-bond donors (Lipinski definition) is 1. The van der Waals surface area contributed by atoms with E-state index in [0.717, 1.165) is 16.5 Å². The highest BCUT2D eigenvalue weighted by Crippen LogP contribution is 2.37. The molecule has 4 aromatic rings. The largest absolute Gasteiger partial charge is 0.496 e. The minimum absolute atomic E-state index is 0.249. The van der Waals surface area contributed by atoms with Crippen LogP contribution < -0.4 is 15.9 Å². The molecule has 4 rings (SSSR count). The summed E-state index contributed by atoms with van der Waals surface area (Å²) in [4.78, 5) is 31.3. The molecule has 2 aromatic heterocycles. The Hall–Kier alpha value is -3.67. The van der Waals surface area contributed by atoms with Gasteiger partial charge in [-0.15, -0.1) is 0 Å². The zero-order valence-electron chi connectivity index (χ0n) is 15.7. The van der Waals surface area contributed by atoms with Crippen LogP contribution in [-0.2, 0) is 0 Å². The molecule has 0 saturated heterocycles. The summed E-state index contributed by atoms with van der Waals surface area (Å²) in [6.07, 6.45) is 2.84. The molecule has 0 radical (unpaired) electrons. The van der Waals surface area contributed by atoms with Gasteiger partial charge in [0.25, 0.3) is 5.56 Å². The van der Waals surface area contributed by atoms with E-state index in [1.165, 1.54) is 12.5 Å². The molecule has 0 atom stereocenters. The summed E-state index contributed by atoms with van der Waals surface area (Å²) in [5, 5.41) is 1.31. The highest BCUT2D eigenvalue weighted by Gasteiger charge is 2.17. The molecular weight excluding hydrogens is 356 g/mol. The Morgan fingerprint density at radius 2 is 1.86 bits per heavy atom. The summed E-state index contributed by atoms with van der Waals surface area (Å²) in [5.41, 5.74) is 2.81.